The van der Waals surface area contributed by atoms with Gasteiger partial charge >= 0.3 is 0 Å². The van der Waals surface area contributed by atoms with Crippen LogP contribution in [0, 0.1) is 0 Å². The molecule has 0 aliphatic rings. The molecule has 0 aliphatic carbocycles. The molecule has 0 amide bonds. The Morgan fingerprint density at radius 2 is 1.69 bits per heavy atom. The van der Waals surface area contributed by atoms with E-state index < -0.39 is 0 Å². The molecule has 2 N–H and O–H groups in total. The molecule has 0 atom stereocenters. The number of imidazole rings is 1. The van der Waals surface area contributed by atoms with Gasteiger partial charge in [0.2, 0.25) is 0 Å². The van der Waals surface area contributed by atoms with E-state index in [1.807, 2.05) is 50.5 Å². The first-order chi connectivity index (χ1) is 17.7. The van der Waals surface area contributed by atoms with Crippen molar-refractivity contribution >= 4 is 22.1 Å². The van der Waals surface area contributed by atoms with Gasteiger partial charge in [-0.3, -0.25) is 20.1 Å². The maximum Gasteiger partial charge on any atom is 0.161 e. The fourth-order valence-corrected chi connectivity index (χ4v) is 3.98. The number of hydrogen-bond acceptors (Lipinski definition) is 8. The molecular weight excluding hydrogens is 454 g/mol. The van der Waals surface area contributed by atoms with Crippen molar-refractivity contribution in [2.45, 2.75) is 0 Å². The molecule has 0 bridgehead atoms. The van der Waals surface area contributed by atoms with Gasteiger partial charge in [0.1, 0.15) is 23.4 Å². The Morgan fingerprint density at radius 3 is 2.56 bits per heavy atom. The van der Waals surface area contributed by atoms with Gasteiger partial charge in [0.25, 0.3) is 0 Å². The summed E-state index contributed by atoms with van der Waals surface area (Å²) in [5.74, 6) is 1.32. The topological polar surface area (TPSA) is 121 Å². The number of pyridine rings is 4. The number of ether oxygens (including phenoxy) is 1. The maximum atomic E-state index is 5.85. The number of hydrogen-bond donors (Lipinski definition) is 2. The first-order valence-electron chi connectivity index (χ1n) is 11.5. The van der Waals surface area contributed by atoms with Crippen LogP contribution in [0.1, 0.15) is 0 Å². The molecule has 0 radical (unpaired) electrons. The second-order valence-electron chi connectivity index (χ2n) is 8.60. The predicted octanol–water partition coefficient (Wildman–Crippen LogP) is 3.96. The van der Waals surface area contributed by atoms with Crippen molar-refractivity contribution < 1.29 is 4.74 Å². The van der Waals surface area contributed by atoms with E-state index in [4.69, 9.17) is 14.7 Å². The Morgan fingerprint density at radius 1 is 0.833 bits per heavy atom. The molecule has 0 saturated heterocycles. The van der Waals surface area contributed by atoms with Gasteiger partial charge in [0.05, 0.1) is 28.6 Å². The summed E-state index contributed by atoms with van der Waals surface area (Å²) in [6.07, 6.45) is 8.74. The zero-order valence-corrected chi connectivity index (χ0v) is 19.8. The van der Waals surface area contributed by atoms with Crippen LogP contribution in [-0.2, 0) is 0 Å². The molecule has 6 heterocycles. The minimum absolute atomic E-state index is 0.582. The largest absolute Gasteiger partial charge is 0.491 e. The molecule has 0 fully saturated rings. The number of aromatic amines is 2. The van der Waals surface area contributed by atoms with Gasteiger partial charge in [-0.1, -0.05) is 0 Å². The Labute approximate surface area is 206 Å². The molecule has 6 rings (SSSR count). The molecule has 0 saturated carbocycles. The Bertz CT molecular complexity index is 1660. The average Bonchev–Trinajstić information content (AvgIpc) is 3.53. The van der Waals surface area contributed by atoms with Gasteiger partial charge in [0.15, 0.2) is 11.5 Å². The molecule has 0 aromatic carbocycles. The molecule has 178 valence electrons. The van der Waals surface area contributed by atoms with Crippen LogP contribution in [0.5, 0.6) is 5.75 Å². The number of fused-ring (bicyclic) bond motifs is 2. The SMILES string of the molecule is CN(C)CCOc1cncc(-c2ccc3[nH]nc(-c4nc5c(-c6ccncc6)nccc5[nH]4)c3n2)c1. The fourth-order valence-electron chi connectivity index (χ4n) is 3.98. The summed E-state index contributed by atoms with van der Waals surface area (Å²) in [6, 6.07) is 11.6. The lowest BCUT2D eigenvalue weighted by molar-refractivity contribution is 0.261. The van der Waals surface area contributed by atoms with Crippen LogP contribution in [-0.4, -0.2) is 72.2 Å². The summed E-state index contributed by atoms with van der Waals surface area (Å²) in [7, 11) is 4.02. The maximum absolute atomic E-state index is 5.85. The monoisotopic (exact) mass is 477 g/mol. The van der Waals surface area contributed by atoms with Crippen LogP contribution >= 0.6 is 0 Å². The van der Waals surface area contributed by atoms with Gasteiger partial charge in [-0.25, -0.2) is 9.97 Å². The summed E-state index contributed by atoms with van der Waals surface area (Å²) in [4.78, 5) is 28.2. The van der Waals surface area contributed by atoms with Gasteiger partial charge in [-0.15, -0.1) is 0 Å². The van der Waals surface area contributed by atoms with E-state index >= 15 is 0 Å². The van der Waals surface area contributed by atoms with Crippen molar-refractivity contribution in [3.05, 3.63) is 67.4 Å². The van der Waals surface area contributed by atoms with Crippen molar-refractivity contribution in [3.8, 4) is 39.8 Å². The molecule has 36 heavy (non-hydrogen) atoms. The first-order valence-corrected chi connectivity index (χ1v) is 11.5. The van der Waals surface area contributed by atoms with Crippen LogP contribution in [0.25, 0.3) is 56.1 Å². The van der Waals surface area contributed by atoms with E-state index in [-0.39, 0.29) is 0 Å². The Hall–Kier alpha value is -4.70. The van der Waals surface area contributed by atoms with Crippen LogP contribution in [0.2, 0.25) is 0 Å². The van der Waals surface area contributed by atoms with Gasteiger partial charge in [0, 0.05) is 42.5 Å². The lowest BCUT2D eigenvalue weighted by Crippen LogP contribution is -2.19. The van der Waals surface area contributed by atoms with Gasteiger partial charge < -0.3 is 14.6 Å². The summed E-state index contributed by atoms with van der Waals surface area (Å²) < 4.78 is 5.85. The van der Waals surface area contributed by atoms with Crippen molar-refractivity contribution in [1.29, 1.82) is 0 Å². The second kappa shape index (κ2) is 9.16. The third-order valence-corrected chi connectivity index (χ3v) is 5.80. The summed E-state index contributed by atoms with van der Waals surface area (Å²) in [5.41, 5.74) is 7.14. The van der Waals surface area contributed by atoms with Crippen LogP contribution < -0.4 is 4.74 Å². The van der Waals surface area contributed by atoms with Crippen molar-refractivity contribution in [3.63, 3.8) is 0 Å². The number of aromatic nitrogens is 8. The molecule has 0 unspecified atom stereocenters. The number of rotatable bonds is 7. The minimum Gasteiger partial charge on any atom is -0.491 e. The van der Waals surface area contributed by atoms with Crippen molar-refractivity contribution in [2.24, 2.45) is 0 Å². The fraction of sp³-hybridized carbons (Fsp3) is 0.154. The van der Waals surface area contributed by atoms with E-state index in [1.54, 1.807) is 31.0 Å². The number of likely N-dealkylation sites (N-methyl/N-ethyl adjacent to an activating group) is 1. The zero-order chi connectivity index (χ0) is 24.5. The number of H-pyrrole nitrogens is 2. The lowest BCUT2D eigenvalue weighted by atomic mass is 10.1. The molecule has 6 aromatic rings. The lowest BCUT2D eigenvalue weighted by Gasteiger charge is -2.11. The molecule has 0 spiro atoms. The second-order valence-corrected chi connectivity index (χ2v) is 8.60. The third kappa shape index (κ3) is 4.14. The molecule has 10 heteroatoms. The summed E-state index contributed by atoms with van der Waals surface area (Å²) in [5, 5.41) is 7.58. The van der Waals surface area contributed by atoms with E-state index in [2.05, 4.69) is 35.0 Å². The summed E-state index contributed by atoms with van der Waals surface area (Å²) in [6.45, 7) is 1.40. The normalized spacial score (nSPS) is 11.5. The summed E-state index contributed by atoms with van der Waals surface area (Å²) >= 11 is 0. The molecule has 0 aliphatic heterocycles. The van der Waals surface area contributed by atoms with E-state index in [9.17, 15) is 0 Å². The third-order valence-electron chi connectivity index (χ3n) is 5.80. The Balaban J connectivity index is 1.38. The van der Waals surface area contributed by atoms with Crippen molar-refractivity contribution in [1.82, 2.24) is 45.0 Å². The average molecular weight is 478 g/mol. The smallest absolute Gasteiger partial charge is 0.161 e. The van der Waals surface area contributed by atoms with Crippen molar-refractivity contribution in [2.75, 3.05) is 27.2 Å². The zero-order valence-electron chi connectivity index (χ0n) is 19.8. The number of nitrogens with zero attached hydrogens (tertiary/aromatic N) is 7. The molecule has 10 nitrogen and oxygen atoms in total. The highest BCUT2D eigenvalue weighted by molar-refractivity contribution is 5.95. The van der Waals surface area contributed by atoms with E-state index in [0.717, 1.165) is 45.6 Å². The molecule has 6 aromatic heterocycles. The quantitative estimate of drug-likeness (QED) is 0.354. The van der Waals surface area contributed by atoms with Crippen LogP contribution in [0.4, 0.5) is 0 Å². The highest BCUT2D eigenvalue weighted by Crippen LogP contribution is 2.31. The molecular formula is C26H23N9O. The Kier molecular flexibility index (Phi) is 5.55. The predicted molar refractivity (Wildman–Crippen MR) is 137 cm³/mol. The van der Waals surface area contributed by atoms with E-state index in [0.29, 0.717) is 29.4 Å². The highest BCUT2D eigenvalue weighted by atomic mass is 16.5. The minimum atomic E-state index is 0.582. The highest BCUT2D eigenvalue weighted by Gasteiger charge is 2.17. The van der Waals surface area contributed by atoms with Crippen LogP contribution in [0.3, 0.4) is 0 Å². The van der Waals surface area contributed by atoms with E-state index in [1.165, 1.54) is 0 Å². The van der Waals surface area contributed by atoms with Crippen LogP contribution in [0.15, 0.2) is 67.4 Å². The number of nitrogens with one attached hydrogen (secondary N) is 2. The van der Waals surface area contributed by atoms with Gasteiger partial charge in [-0.2, -0.15) is 5.10 Å². The van der Waals surface area contributed by atoms with Gasteiger partial charge in [-0.05, 0) is 50.5 Å². The first kappa shape index (κ1) is 21.8. The standard InChI is InChI=1S/C26H23N9O/c1-35(2)11-12-36-18-13-17(14-28-15-18)19-3-4-21-24(30-19)25(34-33-21)26-31-20-7-10-29-22(23(20)32-26)16-5-8-27-9-6-16/h3-10,13-15H,11-12H2,1-2H3,(H,31,32)(H,33,34).